The number of aromatic nitrogens is 4. The summed E-state index contributed by atoms with van der Waals surface area (Å²) in [6.07, 6.45) is 2.03. The normalized spacial score (nSPS) is 15.4. The largest absolute Gasteiger partial charge is 0.444 e. The van der Waals surface area contributed by atoms with Crippen molar-refractivity contribution in [2.45, 2.75) is 71.4 Å². The van der Waals surface area contributed by atoms with Crippen molar-refractivity contribution in [1.29, 1.82) is 0 Å². The fourth-order valence-electron chi connectivity index (χ4n) is 4.27. The minimum absolute atomic E-state index is 0.130. The van der Waals surface area contributed by atoms with Crippen LogP contribution in [0.4, 0.5) is 4.79 Å². The van der Waals surface area contributed by atoms with Crippen LogP contribution < -0.4 is 0 Å². The van der Waals surface area contributed by atoms with Gasteiger partial charge in [-0.3, -0.25) is 4.68 Å². The number of rotatable bonds is 6. The number of piperidine rings is 1. The molecule has 3 aromatic rings. The molecule has 184 valence electrons. The lowest BCUT2D eigenvalue weighted by molar-refractivity contribution is 0.0198. The molecule has 3 heterocycles. The standard InChI is InChI=1S/C25H35N5O4/c1-16(2)30-21-15-18(7-8-19(21)20(27-30)11-14-32-6)22-26-23(34-28-22)17-9-12-29(13-10-17)24(31)33-25(3,4)5/h7-8,15-17H,9-14H2,1-6H3. The molecule has 1 aliphatic rings. The number of carbonyl (C=O) groups is 1. The Hall–Kier alpha value is -2.94. The van der Waals surface area contributed by atoms with Gasteiger partial charge in [0.2, 0.25) is 11.7 Å². The number of hydrogen-bond acceptors (Lipinski definition) is 7. The second-order valence-corrected chi connectivity index (χ2v) is 10.2. The fourth-order valence-corrected chi connectivity index (χ4v) is 4.27. The summed E-state index contributed by atoms with van der Waals surface area (Å²) in [4.78, 5) is 18.8. The predicted octanol–water partition coefficient (Wildman–Crippen LogP) is 4.97. The molecule has 1 saturated heterocycles. The third-order valence-corrected chi connectivity index (χ3v) is 6.01. The van der Waals surface area contributed by atoms with E-state index in [9.17, 15) is 4.79 Å². The molecule has 1 aromatic carbocycles. The number of ether oxygens (including phenoxy) is 2. The SMILES string of the molecule is COCCc1nn(C(C)C)c2cc(-c3noc(C4CCN(C(=O)OC(C)(C)C)CC4)n3)ccc12. The van der Waals surface area contributed by atoms with Gasteiger partial charge in [-0.1, -0.05) is 17.3 Å². The molecule has 0 radical (unpaired) electrons. The second kappa shape index (κ2) is 9.74. The molecule has 1 fully saturated rings. The average Bonchev–Trinajstić information content (AvgIpc) is 3.42. The van der Waals surface area contributed by atoms with Crippen molar-refractivity contribution in [2.24, 2.45) is 0 Å². The number of hydrogen-bond donors (Lipinski definition) is 0. The highest BCUT2D eigenvalue weighted by Gasteiger charge is 2.30. The van der Waals surface area contributed by atoms with Crippen LogP contribution in [0.25, 0.3) is 22.3 Å². The van der Waals surface area contributed by atoms with Crippen LogP contribution in [0.2, 0.25) is 0 Å². The molecule has 0 aliphatic carbocycles. The molecule has 0 atom stereocenters. The fraction of sp³-hybridized carbons (Fsp3) is 0.600. The first-order valence-corrected chi connectivity index (χ1v) is 12.0. The van der Waals surface area contributed by atoms with Crippen molar-refractivity contribution in [3.63, 3.8) is 0 Å². The zero-order valence-electron chi connectivity index (χ0n) is 21.0. The zero-order chi connectivity index (χ0) is 24.5. The highest BCUT2D eigenvalue weighted by Crippen LogP contribution is 2.31. The van der Waals surface area contributed by atoms with E-state index in [1.807, 2.05) is 31.5 Å². The highest BCUT2D eigenvalue weighted by molar-refractivity contribution is 5.86. The Kier molecular flexibility index (Phi) is 6.93. The van der Waals surface area contributed by atoms with Gasteiger partial charge in [0, 0.05) is 49.5 Å². The van der Waals surface area contributed by atoms with Gasteiger partial charge in [-0.25, -0.2) is 4.79 Å². The number of nitrogens with zero attached hydrogens (tertiary/aromatic N) is 5. The lowest BCUT2D eigenvalue weighted by Gasteiger charge is -2.32. The molecule has 0 N–H and O–H groups in total. The minimum atomic E-state index is -0.494. The van der Waals surface area contributed by atoms with Gasteiger partial charge in [0.15, 0.2) is 0 Å². The molecule has 1 amide bonds. The van der Waals surface area contributed by atoms with Gasteiger partial charge in [0.1, 0.15) is 5.60 Å². The van der Waals surface area contributed by atoms with Crippen molar-refractivity contribution in [3.05, 3.63) is 29.8 Å². The van der Waals surface area contributed by atoms with Crippen LogP contribution in [0, 0.1) is 0 Å². The lowest BCUT2D eigenvalue weighted by atomic mass is 9.97. The quantitative estimate of drug-likeness (QED) is 0.503. The summed E-state index contributed by atoms with van der Waals surface area (Å²) in [6.45, 7) is 11.7. The third kappa shape index (κ3) is 5.24. The Balaban J connectivity index is 1.49. The van der Waals surface area contributed by atoms with Crippen LogP contribution >= 0.6 is 0 Å². The minimum Gasteiger partial charge on any atom is -0.444 e. The first-order chi connectivity index (χ1) is 16.2. The van der Waals surface area contributed by atoms with E-state index >= 15 is 0 Å². The molecule has 9 heteroatoms. The van der Waals surface area contributed by atoms with E-state index in [0.717, 1.165) is 41.4 Å². The maximum absolute atomic E-state index is 12.3. The first kappa shape index (κ1) is 24.2. The Bertz CT molecular complexity index is 1140. The van der Waals surface area contributed by atoms with Crippen LogP contribution in [0.5, 0.6) is 0 Å². The number of benzene rings is 1. The van der Waals surface area contributed by atoms with Crippen molar-refractivity contribution in [3.8, 4) is 11.4 Å². The van der Waals surface area contributed by atoms with Gasteiger partial charge in [-0.15, -0.1) is 0 Å². The Labute approximate surface area is 200 Å². The maximum atomic E-state index is 12.3. The van der Waals surface area contributed by atoms with Gasteiger partial charge >= 0.3 is 6.09 Å². The average molecular weight is 470 g/mol. The van der Waals surface area contributed by atoms with Crippen LogP contribution in [0.15, 0.2) is 22.7 Å². The van der Waals surface area contributed by atoms with Gasteiger partial charge in [-0.05, 0) is 53.5 Å². The molecule has 0 spiro atoms. The Morgan fingerprint density at radius 3 is 2.62 bits per heavy atom. The molecule has 34 heavy (non-hydrogen) atoms. The predicted molar refractivity (Wildman–Crippen MR) is 129 cm³/mol. The molecule has 9 nitrogen and oxygen atoms in total. The summed E-state index contributed by atoms with van der Waals surface area (Å²) >= 11 is 0. The number of methoxy groups -OCH3 is 1. The van der Waals surface area contributed by atoms with E-state index in [1.54, 1.807) is 12.0 Å². The molecule has 2 aromatic heterocycles. The van der Waals surface area contributed by atoms with Crippen LogP contribution in [0.3, 0.4) is 0 Å². The van der Waals surface area contributed by atoms with Crippen molar-refractivity contribution in [2.75, 3.05) is 26.8 Å². The highest BCUT2D eigenvalue weighted by atomic mass is 16.6. The second-order valence-electron chi connectivity index (χ2n) is 10.2. The number of amides is 1. The summed E-state index contributed by atoms with van der Waals surface area (Å²) in [6, 6.07) is 6.41. The summed E-state index contributed by atoms with van der Waals surface area (Å²) in [5, 5.41) is 10.2. The molecule has 0 unspecified atom stereocenters. The first-order valence-electron chi connectivity index (χ1n) is 12.0. The lowest BCUT2D eigenvalue weighted by Crippen LogP contribution is -2.41. The maximum Gasteiger partial charge on any atom is 0.410 e. The van der Waals surface area contributed by atoms with Crippen LogP contribution in [-0.4, -0.2) is 63.3 Å². The third-order valence-electron chi connectivity index (χ3n) is 6.01. The van der Waals surface area contributed by atoms with Gasteiger partial charge < -0.3 is 18.9 Å². The number of likely N-dealkylation sites (tertiary alicyclic amines) is 1. The topological polar surface area (TPSA) is 95.5 Å². The Morgan fingerprint density at radius 2 is 1.97 bits per heavy atom. The van der Waals surface area contributed by atoms with Crippen LogP contribution in [-0.2, 0) is 15.9 Å². The van der Waals surface area contributed by atoms with E-state index < -0.39 is 5.60 Å². The van der Waals surface area contributed by atoms with E-state index in [1.165, 1.54) is 0 Å². The zero-order valence-corrected chi connectivity index (χ0v) is 21.0. The van der Waals surface area contributed by atoms with Gasteiger partial charge in [0.05, 0.1) is 17.8 Å². The molecule has 1 aliphatic heterocycles. The van der Waals surface area contributed by atoms with Crippen molar-refractivity contribution in [1.82, 2.24) is 24.8 Å². The number of carbonyl (C=O) groups excluding carboxylic acids is 1. The smallest absolute Gasteiger partial charge is 0.410 e. The van der Waals surface area contributed by atoms with E-state index in [4.69, 9.17) is 24.1 Å². The number of fused-ring (bicyclic) bond motifs is 1. The summed E-state index contributed by atoms with van der Waals surface area (Å²) < 4.78 is 18.4. The van der Waals surface area contributed by atoms with E-state index in [0.29, 0.717) is 31.4 Å². The summed E-state index contributed by atoms with van der Waals surface area (Å²) in [5.74, 6) is 1.32. The Morgan fingerprint density at radius 1 is 1.24 bits per heavy atom. The van der Waals surface area contributed by atoms with Crippen LogP contribution in [0.1, 0.15) is 71.0 Å². The molecular formula is C25H35N5O4. The molecule has 0 saturated carbocycles. The van der Waals surface area contributed by atoms with Gasteiger partial charge in [0.25, 0.3) is 0 Å². The van der Waals surface area contributed by atoms with E-state index in [2.05, 4.69) is 31.1 Å². The monoisotopic (exact) mass is 469 g/mol. The van der Waals surface area contributed by atoms with Crippen molar-refractivity contribution >= 4 is 17.0 Å². The summed E-state index contributed by atoms with van der Waals surface area (Å²) in [5.41, 5.74) is 2.48. The molecular weight excluding hydrogens is 434 g/mol. The van der Waals surface area contributed by atoms with Gasteiger partial charge in [-0.2, -0.15) is 10.1 Å². The van der Waals surface area contributed by atoms with E-state index in [-0.39, 0.29) is 18.1 Å². The summed E-state index contributed by atoms with van der Waals surface area (Å²) in [7, 11) is 1.70. The molecule has 0 bridgehead atoms. The molecule has 4 rings (SSSR count). The van der Waals surface area contributed by atoms with Crippen molar-refractivity contribution < 1.29 is 18.8 Å².